The minimum absolute atomic E-state index is 0.211. The topological polar surface area (TPSA) is 111 Å². The molecule has 0 unspecified atom stereocenters. The number of hydrogen-bond donors (Lipinski definition) is 1. The summed E-state index contributed by atoms with van der Waals surface area (Å²) in [4.78, 5) is 20.0. The Morgan fingerprint density at radius 1 is 1.07 bits per heavy atom. The Bertz CT molecular complexity index is 895. The molecule has 1 N–H and O–H groups in total. The maximum Gasteiger partial charge on any atom is 0.416 e. The van der Waals surface area contributed by atoms with E-state index in [-0.39, 0.29) is 17.8 Å². The van der Waals surface area contributed by atoms with Crippen LogP contribution in [0.15, 0.2) is 41.5 Å². The molecule has 12 heteroatoms. The van der Waals surface area contributed by atoms with Crippen molar-refractivity contribution in [2.75, 3.05) is 5.43 Å². The molecule has 0 fully saturated rings. The second-order valence-electron chi connectivity index (χ2n) is 5.22. The maximum absolute atomic E-state index is 12.9. The third-order valence-electron chi connectivity index (χ3n) is 3.41. The second-order valence-corrected chi connectivity index (χ2v) is 5.65. The Labute approximate surface area is 154 Å². The lowest BCUT2D eigenvalue weighted by Gasteiger charge is -2.10. The number of hydrogen-bond acceptors (Lipinski definition) is 6. The lowest BCUT2D eigenvalue weighted by molar-refractivity contribution is -0.392. The highest BCUT2D eigenvalue weighted by Crippen LogP contribution is 2.41. The molecule has 27 heavy (non-hydrogen) atoms. The summed E-state index contributed by atoms with van der Waals surface area (Å²) in [7, 11) is 0. The van der Waals surface area contributed by atoms with Crippen LogP contribution in [0.25, 0.3) is 0 Å². The molecule has 2 aromatic carbocycles. The van der Waals surface area contributed by atoms with Crippen molar-refractivity contribution < 1.29 is 23.0 Å². The zero-order valence-corrected chi connectivity index (χ0v) is 14.2. The van der Waals surface area contributed by atoms with Crippen LogP contribution in [0, 0.1) is 20.2 Å². The summed E-state index contributed by atoms with van der Waals surface area (Å²) in [5, 5.41) is 26.5. The monoisotopic (exact) mass is 402 g/mol. The number of alkyl halides is 3. The minimum atomic E-state index is -4.99. The van der Waals surface area contributed by atoms with Crippen LogP contribution >= 0.6 is 11.6 Å². The summed E-state index contributed by atoms with van der Waals surface area (Å²) < 4.78 is 38.6. The predicted octanol–water partition coefficient (Wildman–Crippen LogP) is 5.01. The number of anilines is 1. The van der Waals surface area contributed by atoms with Crippen LogP contribution in [-0.4, -0.2) is 15.6 Å². The first-order chi connectivity index (χ1) is 12.5. The Kier molecular flexibility index (Phi) is 5.64. The van der Waals surface area contributed by atoms with E-state index >= 15 is 0 Å². The summed E-state index contributed by atoms with van der Waals surface area (Å²) in [6, 6.07) is 6.69. The molecule has 0 radical (unpaired) electrons. The van der Waals surface area contributed by atoms with Crippen LogP contribution in [0.2, 0.25) is 5.02 Å². The van der Waals surface area contributed by atoms with Crippen molar-refractivity contribution in [3.63, 3.8) is 0 Å². The molecule has 0 spiro atoms. The van der Waals surface area contributed by atoms with Gasteiger partial charge in [0.05, 0.1) is 21.1 Å². The van der Waals surface area contributed by atoms with Crippen molar-refractivity contribution in [1.82, 2.24) is 0 Å². The zero-order chi connectivity index (χ0) is 20.4. The number of nitro groups is 2. The van der Waals surface area contributed by atoms with Gasteiger partial charge >= 0.3 is 17.6 Å². The fourth-order valence-electron chi connectivity index (χ4n) is 2.07. The van der Waals surface area contributed by atoms with Crippen molar-refractivity contribution in [3.8, 4) is 0 Å². The Morgan fingerprint density at radius 3 is 1.96 bits per heavy atom. The molecule has 0 aliphatic rings. The SMILES string of the molecule is C/C(=N/Nc1c([N+](=O)[O-])cc(C(F)(F)F)cc1[N+](=O)[O-])c1ccc(Cl)cc1. The van der Waals surface area contributed by atoms with E-state index in [1.165, 1.54) is 6.92 Å². The maximum atomic E-state index is 12.9. The van der Waals surface area contributed by atoms with Crippen molar-refractivity contribution in [3.05, 3.63) is 72.8 Å². The molecule has 2 rings (SSSR count). The molecule has 0 aromatic heterocycles. The third-order valence-corrected chi connectivity index (χ3v) is 3.67. The molecule has 8 nitrogen and oxygen atoms in total. The fraction of sp³-hybridized carbons (Fsp3) is 0.133. The van der Waals surface area contributed by atoms with Crippen LogP contribution in [0.3, 0.4) is 0 Å². The van der Waals surface area contributed by atoms with E-state index in [1.807, 2.05) is 0 Å². The molecule has 0 amide bonds. The largest absolute Gasteiger partial charge is 0.416 e. The fourth-order valence-corrected chi connectivity index (χ4v) is 2.20. The van der Waals surface area contributed by atoms with Gasteiger partial charge in [0.2, 0.25) is 5.69 Å². The van der Waals surface area contributed by atoms with Gasteiger partial charge in [-0.25, -0.2) is 0 Å². The van der Waals surface area contributed by atoms with Crippen molar-refractivity contribution in [2.45, 2.75) is 13.1 Å². The number of benzene rings is 2. The number of hydrazone groups is 1. The van der Waals surface area contributed by atoms with E-state index in [0.717, 1.165) is 0 Å². The molecular weight excluding hydrogens is 393 g/mol. The van der Waals surface area contributed by atoms with Crippen LogP contribution in [0.5, 0.6) is 0 Å². The molecule has 0 saturated heterocycles. The van der Waals surface area contributed by atoms with E-state index in [2.05, 4.69) is 10.5 Å². The molecule has 0 heterocycles. The quantitative estimate of drug-likeness (QED) is 0.429. The van der Waals surface area contributed by atoms with Crippen molar-refractivity contribution in [2.24, 2.45) is 5.10 Å². The number of nitrogens with one attached hydrogen (secondary N) is 1. The highest BCUT2D eigenvalue weighted by atomic mass is 35.5. The van der Waals surface area contributed by atoms with E-state index < -0.39 is 38.6 Å². The van der Waals surface area contributed by atoms with Gasteiger partial charge in [0.25, 0.3) is 0 Å². The summed E-state index contributed by atoms with van der Waals surface area (Å²) in [5.74, 6) is 0. The van der Waals surface area contributed by atoms with Crippen LogP contribution in [-0.2, 0) is 6.18 Å². The first kappa shape index (κ1) is 20.1. The van der Waals surface area contributed by atoms with Gasteiger partial charge in [-0.3, -0.25) is 25.7 Å². The lowest BCUT2D eigenvalue weighted by atomic mass is 10.1. The van der Waals surface area contributed by atoms with Gasteiger partial charge in [-0.15, -0.1) is 0 Å². The van der Waals surface area contributed by atoms with Crippen LogP contribution in [0.1, 0.15) is 18.1 Å². The Morgan fingerprint density at radius 2 is 1.56 bits per heavy atom. The summed E-state index contributed by atoms with van der Waals surface area (Å²) in [6.07, 6.45) is -4.99. The van der Waals surface area contributed by atoms with Gasteiger partial charge in [0, 0.05) is 17.2 Å². The number of nitrogens with zero attached hydrogens (tertiary/aromatic N) is 3. The highest BCUT2D eigenvalue weighted by Gasteiger charge is 2.37. The summed E-state index contributed by atoms with van der Waals surface area (Å²) in [5.41, 5.74) is -1.55. The average molecular weight is 403 g/mol. The van der Waals surface area contributed by atoms with Gasteiger partial charge < -0.3 is 0 Å². The standard InChI is InChI=1S/C15H10ClF3N4O4/c1-8(9-2-4-11(16)5-3-9)20-21-14-12(22(24)25)6-10(15(17,18)19)7-13(14)23(26)27/h2-7,21H,1H3/b20-8-. The van der Waals surface area contributed by atoms with Gasteiger partial charge in [-0.1, -0.05) is 23.7 Å². The van der Waals surface area contributed by atoms with Crippen LogP contribution in [0.4, 0.5) is 30.2 Å². The molecule has 0 saturated carbocycles. The molecular formula is C15H10ClF3N4O4. The Hall–Kier alpha value is -3.21. The lowest BCUT2D eigenvalue weighted by Crippen LogP contribution is -2.10. The smallest absolute Gasteiger partial charge is 0.266 e. The third kappa shape index (κ3) is 4.70. The van der Waals surface area contributed by atoms with E-state index in [4.69, 9.17) is 11.6 Å². The summed E-state index contributed by atoms with van der Waals surface area (Å²) in [6.45, 7) is 1.50. The zero-order valence-electron chi connectivity index (χ0n) is 13.5. The number of halogens is 4. The van der Waals surface area contributed by atoms with E-state index in [0.29, 0.717) is 10.6 Å². The number of rotatable bonds is 5. The number of nitro benzene ring substituents is 2. The normalized spacial score (nSPS) is 12.0. The van der Waals surface area contributed by atoms with Gasteiger partial charge in [0.1, 0.15) is 0 Å². The molecule has 0 aliphatic heterocycles. The molecule has 2 aromatic rings. The van der Waals surface area contributed by atoms with Crippen molar-refractivity contribution in [1.29, 1.82) is 0 Å². The second kappa shape index (κ2) is 7.58. The minimum Gasteiger partial charge on any atom is -0.266 e. The van der Waals surface area contributed by atoms with Crippen LogP contribution < -0.4 is 5.43 Å². The van der Waals surface area contributed by atoms with E-state index in [9.17, 15) is 33.4 Å². The Balaban J connectivity index is 2.54. The predicted molar refractivity (Wildman–Crippen MR) is 92.0 cm³/mol. The first-order valence-electron chi connectivity index (χ1n) is 7.11. The first-order valence-corrected chi connectivity index (χ1v) is 7.48. The molecule has 0 atom stereocenters. The van der Waals surface area contributed by atoms with Gasteiger partial charge in [-0.2, -0.15) is 18.3 Å². The molecule has 142 valence electrons. The van der Waals surface area contributed by atoms with Crippen molar-refractivity contribution >= 4 is 34.4 Å². The molecule has 0 bridgehead atoms. The van der Waals surface area contributed by atoms with Gasteiger partial charge in [-0.05, 0) is 24.6 Å². The van der Waals surface area contributed by atoms with E-state index in [1.54, 1.807) is 24.3 Å². The molecule has 0 aliphatic carbocycles. The summed E-state index contributed by atoms with van der Waals surface area (Å²) >= 11 is 5.75. The average Bonchev–Trinajstić information content (AvgIpc) is 2.58. The van der Waals surface area contributed by atoms with Gasteiger partial charge in [0.15, 0.2) is 0 Å². The highest BCUT2D eigenvalue weighted by molar-refractivity contribution is 6.30.